The van der Waals surface area contributed by atoms with Crippen molar-refractivity contribution in [3.8, 4) is 0 Å². The molecular weight excluding hydrogens is 272 g/mol. The van der Waals surface area contributed by atoms with Gasteiger partial charge in [0.25, 0.3) is 0 Å². The van der Waals surface area contributed by atoms with Crippen molar-refractivity contribution in [1.82, 2.24) is 20.4 Å². The van der Waals surface area contributed by atoms with Crippen LogP contribution in [0.1, 0.15) is 51.4 Å². The van der Waals surface area contributed by atoms with Gasteiger partial charge in [0.15, 0.2) is 0 Å². The Hall–Kier alpha value is -1.00. The summed E-state index contributed by atoms with van der Waals surface area (Å²) >= 11 is 0. The van der Waals surface area contributed by atoms with E-state index in [2.05, 4.69) is 45.0 Å². The molecular formula is C18H32N4. The van der Waals surface area contributed by atoms with Crippen LogP contribution in [0, 0.1) is 0 Å². The zero-order valence-electron chi connectivity index (χ0n) is 13.8. The molecule has 22 heavy (non-hydrogen) atoms. The molecule has 0 bridgehead atoms. The molecule has 4 nitrogen and oxygen atoms in total. The van der Waals surface area contributed by atoms with Crippen molar-refractivity contribution in [2.75, 3.05) is 26.2 Å². The average Bonchev–Trinajstić information content (AvgIpc) is 2.95. The van der Waals surface area contributed by atoms with Crippen LogP contribution in [0.3, 0.4) is 0 Å². The average molecular weight is 304 g/mol. The first-order valence-electron chi connectivity index (χ1n) is 9.25. The summed E-state index contributed by atoms with van der Waals surface area (Å²) in [4.78, 5) is 4.88. The zero-order chi connectivity index (χ0) is 15.0. The number of hydrogen-bond acceptors (Lipinski definition) is 4. The zero-order valence-corrected chi connectivity index (χ0v) is 13.8. The van der Waals surface area contributed by atoms with Gasteiger partial charge >= 0.3 is 0 Å². The Kier molecular flexibility index (Phi) is 6.20. The lowest BCUT2D eigenvalue weighted by molar-refractivity contribution is 0.184. The Morgan fingerprint density at radius 1 is 0.682 bits per heavy atom. The van der Waals surface area contributed by atoms with Gasteiger partial charge in [0.05, 0.1) is 12.3 Å². The highest BCUT2D eigenvalue weighted by Gasteiger charge is 2.19. The molecule has 0 aromatic carbocycles. The van der Waals surface area contributed by atoms with Gasteiger partial charge in [-0.25, -0.2) is 0 Å². The summed E-state index contributed by atoms with van der Waals surface area (Å²) in [5, 5.41) is 7.07. The van der Waals surface area contributed by atoms with Gasteiger partial charge < -0.3 is 9.80 Å². The summed E-state index contributed by atoms with van der Waals surface area (Å²) in [6, 6.07) is 0. The molecule has 0 saturated carbocycles. The molecule has 0 radical (unpaired) electrons. The van der Waals surface area contributed by atoms with Gasteiger partial charge in [-0.3, -0.25) is 10.6 Å². The van der Waals surface area contributed by atoms with Gasteiger partial charge in [-0.2, -0.15) is 0 Å². The fourth-order valence-electron chi connectivity index (χ4n) is 3.78. The van der Waals surface area contributed by atoms with Crippen LogP contribution in [-0.2, 0) is 0 Å². The smallest absolute Gasteiger partial charge is 0.0790 e. The molecule has 4 heteroatoms. The van der Waals surface area contributed by atoms with E-state index in [1.807, 2.05) is 0 Å². The molecule has 124 valence electrons. The summed E-state index contributed by atoms with van der Waals surface area (Å²) in [6.45, 7) is 4.90. The number of nitrogens with one attached hydrogen (secondary N) is 2. The van der Waals surface area contributed by atoms with E-state index in [4.69, 9.17) is 0 Å². The number of nitrogens with zero attached hydrogens (tertiary/aromatic N) is 2. The van der Waals surface area contributed by atoms with E-state index < -0.39 is 0 Å². The highest BCUT2D eigenvalue weighted by Crippen LogP contribution is 2.16. The molecule has 2 N–H and O–H groups in total. The van der Waals surface area contributed by atoms with E-state index in [0.29, 0.717) is 12.3 Å². The van der Waals surface area contributed by atoms with Crippen molar-refractivity contribution in [1.29, 1.82) is 0 Å². The molecule has 0 aromatic rings. The standard InChI is InChI=1S/2C9H16N2/c2*1-2-5-9-10-6-4-8-11(9)7-3-1/h2*3,7,9-10H,1-2,4-6,8H2. The second kappa shape index (κ2) is 8.59. The number of fused-ring (bicyclic) bond motifs is 2. The van der Waals surface area contributed by atoms with E-state index in [1.54, 1.807) is 0 Å². The Morgan fingerprint density at radius 2 is 1.18 bits per heavy atom. The minimum absolute atomic E-state index is 0.641. The van der Waals surface area contributed by atoms with Crippen molar-refractivity contribution >= 4 is 0 Å². The first-order chi connectivity index (χ1) is 10.9. The van der Waals surface area contributed by atoms with Gasteiger partial charge in [0, 0.05) is 13.1 Å². The maximum atomic E-state index is 3.54. The lowest BCUT2D eigenvalue weighted by Crippen LogP contribution is -2.48. The summed E-state index contributed by atoms with van der Waals surface area (Å²) < 4.78 is 0. The Balaban J connectivity index is 0.000000131. The van der Waals surface area contributed by atoms with Crippen molar-refractivity contribution in [3.05, 3.63) is 24.6 Å². The maximum absolute atomic E-state index is 3.54. The van der Waals surface area contributed by atoms with Crippen LogP contribution in [0.25, 0.3) is 0 Å². The third-order valence-electron chi connectivity index (χ3n) is 5.04. The van der Waals surface area contributed by atoms with Gasteiger partial charge in [0.2, 0.25) is 0 Å². The van der Waals surface area contributed by atoms with Crippen LogP contribution in [0.2, 0.25) is 0 Å². The molecule has 4 heterocycles. The van der Waals surface area contributed by atoms with Gasteiger partial charge in [-0.15, -0.1) is 0 Å². The number of hydrogen-bond donors (Lipinski definition) is 2. The minimum Gasteiger partial charge on any atom is -0.362 e. The normalized spacial score (nSPS) is 31.3. The second-order valence-electron chi connectivity index (χ2n) is 6.75. The van der Waals surface area contributed by atoms with E-state index in [-0.39, 0.29) is 0 Å². The Labute approximate surface area is 135 Å². The first-order valence-corrected chi connectivity index (χ1v) is 9.25. The van der Waals surface area contributed by atoms with Gasteiger partial charge in [-0.05, 0) is 76.9 Å². The van der Waals surface area contributed by atoms with Gasteiger partial charge in [0.1, 0.15) is 0 Å². The van der Waals surface area contributed by atoms with Crippen molar-refractivity contribution in [2.45, 2.75) is 63.7 Å². The molecule has 4 aliphatic rings. The number of rotatable bonds is 0. The fourth-order valence-corrected chi connectivity index (χ4v) is 3.78. The summed E-state index contributed by atoms with van der Waals surface area (Å²) in [5.41, 5.74) is 0. The lowest BCUT2D eigenvalue weighted by atomic mass is 10.2. The monoisotopic (exact) mass is 304 g/mol. The van der Waals surface area contributed by atoms with E-state index in [9.17, 15) is 0 Å². The molecule has 4 aliphatic heterocycles. The highest BCUT2D eigenvalue weighted by molar-refractivity contribution is 4.92. The van der Waals surface area contributed by atoms with Crippen LogP contribution < -0.4 is 10.6 Å². The second-order valence-corrected chi connectivity index (χ2v) is 6.75. The summed E-state index contributed by atoms with van der Waals surface area (Å²) in [6.07, 6.45) is 20.8. The van der Waals surface area contributed by atoms with Crippen LogP contribution in [0.5, 0.6) is 0 Å². The third kappa shape index (κ3) is 4.50. The van der Waals surface area contributed by atoms with Gasteiger partial charge in [-0.1, -0.05) is 12.2 Å². The predicted octanol–water partition coefficient (Wildman–Crippen LogP) is 2.61. The molecule has 2 saturated heterocycles. The van der Waals surface area contributed by atoms with Crippen molar-refractivity contribution in [3.63, 3.8) is 0 Å². The highest BCUT2D eigenvalue weighted by atomic mass is 15.3. The topological polar surface area (TPSA) is 30.5 Å². The van der Waals surface area contributed by atoms with E-state index in [1.165, 1.54) is 77.5 Å². The molecule has 2 fully saturated rings. The molecule has 0 aliphatic carbocycles. The van der Waals surface area contributed by atoms with Crippen LogP contribution in [0.15, 0.2) is 24.6 Å². The largest absolute Gasteiger partial charge is 0.362 e. The minimum atomic E-state index is 0.641. The van der Waals surface area contributed by atoms with Crippen LogP contribution >= 0.6 is 0 Å². The Morgan fingerprint density at radius 3 is 1.68 bits per heavy atom. The maximum Gasteiger partial charge on any atom is 0.0790 e. The molecule has 0 aromatic heterocycles. The molecule has 0 spiro atoms. The first kappa shape index (κ1) is 15.9. The van der Waals surface area contributed by atoms with Crippen LogP contribution in [0.4, 0.5) is 0 Å². The quantitative estimate of drug-likeness (QED) is 0.720. The molecule has 4 rings (SSSR count). The Bertz CT molecular complexity index is 343. The van der Waals surface area contributed by atoms with Crippen LogP contribution in [-0.4, -0.2) is 48.3 Å². The number of allylic oxidation sites excluding steroid dienone is 2. The molecule has 2 atom stereocenters. The lowest BCUT2D eigenvalue weighted by Gasteiger charge is -2.34. The summed E-state index contributed by atoms with van der Waals surface area (Å²) in [7, 11) is 0. The van der Waals surface area contributed by atoms with Crippen molar-refractivity contribution < 1.29 is 0 Å². The molecule has 0 amide bonds. The fraction of sp³-hybridized carbons (Fsp3) is 0.778. The predicted molar refractivity (Wildman–Crippen MR) is 92.2 cm³/mol. The molecule has 2 unspecified atom stereocenters. The SMILES string of the molecule is C1=CN2CCCNC2CCC1.C1=CN2CCCNC2CCC1. The van der Waals surface area contributed by atoms with E-state index >= 15 is 0 Å². The summed E-state index contributed by atoms with van der Waals surface area (Å²) in [5.74, 6) is 0. The third-order valence-corrected chi connectivity index (χ3v) is 5.04. The van der Waals surface area contributed by atoms with Crippen molar-refractivity contribution in [2.24, 2.45) is 0 Å². The van der Waals surface area contributed by atoms with E-state index in [0.717, 1.165) is 0 Å².